The Kier molecular flexibility index (Phi) is 6.46. The molecule has 0 atom stereocenters. The van der Waals surface area contributed by atoms with Crippen LogP contribution >= 0.6 is 11.5 Å². The van der Waals surface area contributed by atoms with Gasteiger partial charge in [0.1, 0.15) is 0 Å². The Morgan fingerprint density at radius 2 is 2.00 bits per heavy atom. The highest BCUT2D eigenvalue weighted by atomic mass is 32.1. The standard InChI is InChI=1S/C15H20N2O3S/c1-19-10-11-20-9-5-8-16-17-15(18)12-14(21-17)13-6-3-2-4-7-13/h2-4,6-7,12,16H,5,8-11H2,1H3. The zero-order valence-electron chi connectivity index (χ0n) is 12.1. The maximum Gasteiger partial charge on any atom is 0.280 e. The zero-order chi connectivity index (χ0) is 14.9. The van der Waals surface area contributed by atoms with E-state index in [9.17, 15) is 4.79 Å². The minimum Gasteiger partial charge on any atom is -0.382 e. The highest BCUT2D eigenvalue weighted by Crippen LogP contribution is 2.21. The second-order valence-electron chi connectivity index (χ2n) is 4.47. The fourth-order valence-corrected chi connectivity index (χ4v) is 2.68. The Morgan fingerprint density at radius 3 is 2.76 bits per heavy atom. The van der Waals surface area contributed by atoms with Gasteiger partial charge in [0.25, 0.3) is 5.56 Å². The number of ether oxygens (including phenoxy) is 2. The van der Waals surface area contributed by atoms with Crippen LogP contribution in [0.15, 0.2) is 41.2 Å². The van der Waals surface area contributed by atoms with Gasteiger partial charge in [-0.3, -0.25) is 4.79 Å². The van der Waals surface area contributed by atoms with E-state index in [2.05, 4.69) is 5.43 Å². The molecule has 0 spiro atoms. The molecule has 0 unspecified atom stereocenters. The molecule has 0 aliphatic carbocycles. The molecule has 0 bridgehead atoms. The quantitative estimate of drug-likeness (QED) is 0.721. The number of rotatable bonds is 9. The number of nitrogens with zero attached hydrogens (tertiary/aromatic N) is 1. The Hall–Kier alpha value is -1.63. The lowest BCUT2D eigenvalue weighted by Gasteiger charge is -2.06. The molecule has 0 saturated heterocycles. The molecule has 0 radical (unpaired) electrons. The largest absolute Gasteiger partial charge is 0.382 e. The van der Waals surface area contributed by atoms with E-state index in [-0.39, 0.29) is 5.56 Å². The fraction of sp³-hybridized carbons (Fsp3) is 0.400. The summed E-state index contributed by atoms with van der Waals surface area (Å²) in [6.45, 7) is 2.56. The molecule has 0 aliphatic heterocycles. The third-order valence-electron chi connectivity index (χ3n) is 2.86. The molecule has 1 aromatic carbocycles. The number of aromatic nitrogens is 1. The molecule has 0 aliphatic rings. The number of benzene rings is 1. The van der Waals surface area contributed by atoms with Crippen LogP contribution in [0.4, 0.5) is 0 Å². The summed E-state index contributed by atoms with van der Waals surface area (Å²) in [5.41, 5.74) is 4.14. The number of methoxy groups -OCH3 is 1. The van der Waals surface area contributed by atoms with Crippen LogP contribution in [0.5, 0.6) is 0 Å². The van der Waals surface area contributed by atoms with Crippen LogP contribution in [0.2, 0.25) is 0 Å². The van der Waals surface area contributed by atoms with Crippen LogP contribution in [0.25, 0.3) is 10.4 Å². The van der Waals surface area contributed by atoms with Crippen molar-refractivity contribution >= 4 is 11.5 Å². The lowest BCUT2D eigenvalue weighted by Crippen LogP contribution is -2.24. The minimum absolute atomic E-state index is 0.0286. The van der Waals surface area contributed by atoms with Crippen molar-refractivity contribution in [1.29, 1.82) is 0 Å². The zero-order valence-corrected chi connectivity index (χ0v) is 12.9. The summed E-state index contributed by atoms with van der Waals surface area (Å²) in [6.07, 6.45) is 0.842. The van der Waals surface area contributed by atoms with Crippen LogP contribution in [0.3, 0.4) is 0 Å². The van der Waals surface area contributed by atoms with Crippen molar-refractivity contribution in [3.8, 4) is 10.4 Å². The lowest BCUT2D eigenvalue weighted by molar-refractivity contribution is 0.0703. The van der Waals surface area contributed by atoms with Crippen molar-refractivity contribution in [3.63, 3.8) is 0 Å². The molecule has 1 aromatic heterocycles. The molecule has 0 fully saturated rings. The van der Waals surface area contributed by atoms with Crippen LogP contribution in [-0.2, 0) is 9.47 Å². The Labute approximate surface area is 128 Å². The molecular formula is C15H20N2O3S. The summed E-state index contributed by atoms with van der Waals surface area (Å²) in [4.78, 5) is 12.8. The van der Waals surface area contributed by atoms with E-state index in [1.807, 2.05) is 30.3 Å². The van der Waals surface area contributed by atoms with E-state index in [0.29, 0.717) is 26.4 Å². The van der Waals surface area contributed by atoms with Crippen LogP contribution in [-0.4, -0.2) is 37.5 Å². The van der Waals surface area contributed by atoms with Crippen LogP contribution in [0, 0.1) is 0 Å². The molecule has 0 amide bonds. The van der Waals surface area contributed by atoms with Crippen molar-refractivity contribution < 1.29 is 9.47 Å². The first kappa shape index (κ1) is 15.8. The molecule has 6 heteroatoms. The first-order valence-electron chi connectivity index (χ1n) is 6.90. The molecule has 21 heavy (non-hydrogen) atoms. The van der Waals surface area contributed by atoms with Crippen molar-refractivity contribution in [1.82, 2.24) is 4.07 Å². The van der Waals surface area contributed by atoms with Crippen molar-refractivity contribution in [3.05, 3.63) is 46.8 Å². The Bertz CT molecular complexity index is 580. The SMILES string of the molecule is COCCOCCCNn1sc(-c2ccccc2)cc1=O. The summed E-state index contributed by atoms with van der Waals surface area (Å²) in [5, 5.41) is 0. The summed E-state index contributed by atoms with van der Waals surface area (Å²) >= 11 is 1.42. The fourth-order valence-electron chi connectivity index (χ4n) is 1.79. The predicted molar refractivity (Wildman–Crippen MR) is 85.6 cm³/mol. The summed E-state index contributed by atoms with van der Waals surface area (Å²) in [5.74, 6) is 0. The van der Waals surface area contributed by atoms with Gasteiger partial charge in [0.05, 0.1) is 18.1 Å². The summed E-state index contributed by atoms with van der Waals surface area (Å²) in [7, 11) is 1.65. The van der Waals surface area contributed by atoms with Gasteiger partial charge < -0.3 is 14.9 Å². The van der Waals surface area contributed by atoms with Gasteiger partial charge in [0.15, 0.2) is 0 Å². The minimum atomic E-state index is -0.0286. The predicted octanol–water partition coefficient (Wildman–Crippen LogP) is 2.17. The highest BCUT2D eigenvalue weighted by Gasteiger charge is 2.05. The maximum atomic E-state index is 11.9. The first-order valence-corrected chi connectivity index (χ1v) is 7.68. The lowest BCUT2D eigenvalue weighted by atomic mass is 10.2. The molecule has 1 heterocycles. The van der Waals surface area contributed by atoms with Gasteiger partial charge in [0.2, 0.25) is 0 Å². The van der Waals surface area contributed by atoms with E-state index in [1.54, 1.807) is 17.2 Å². The number of hydrogen-bond donors (Lipinski definition) is 1. The van der Waals surface area contributed by atoms with Gasteiger partial charge in [-0.25, -0.2) is 0 Å². The van der Waals surface area contributed by atoms with Gasteiger partial charge in [-0.15, -0.1) is 0 Å². The third kappa shape index (κ3) is 5.00. The third-order valence-corrected chi connectivity index (χ3v) is 3.90. The molecule has 5 nitrogen and oxygen atoms in total. The summed E-state index contributed by atoms with van der Waals surface area (Å²) < 4.78 is 11.8. The van der Waals surface area contributed by atoms with Gasteiger partial charge in [-0.1, -0.05) is 30.3 Å². The van der Waals surface area contributed by atoms with Crippen LogP contribution < -0.4 is 11.0 Å². The highest BCUT2D eigenvalue weighted by molar-refractivity contribution is 7.10. The average Bonchev–Trinajstić information content (AvgIpc) is 2.88. The van der Waals surface area contributed by atoms with Gasteiger partial charge >= 0.3 is 0 Å². The van der Waals surface area contributed by atoms with Crippen molar-refractivity contribution in [2.24, 2.45) is 0 Å². The van der Waals surface area contributed by atoms with E-state index < -0.39 is 0 Å². The molecule has 2 rings (SSSR count). The smallest absolute Gasteiger partial charge is 0.280 e. The average molecular weight is 308 g/mol. The van der Waals surface area contributed by atoms with Gasteiger partial charge in [-0.05, 0) is 23.5 Å². The van der Waals surface area contributed by atoms with Crippen molar-refractivity contribution in [2.75, 3.05) is 38.9 Å². The van der Waals surface area contributed by atoms with E-state index in [0.717, 1.165) is 16.9 Å². The second kappa shape index (κ2) is 8.61. The van der Waals surface area contributed by atoms with Crippen LogP contribution in [0.1, 0.15) is 6.42 Å². The molecule has 1 N–H and O–H groups in total. The van der Waals surface area contributed by atoms with Gasteiger partial charge in [0, 0.05) is 26.3 Å². The topological polar surface area (TPSA) is 52.5 Å². The van der Waals surface area contributed by atoms with Crippen molar-refractivity contribution in [2.45, 2.75) is 6.42 Å². The second-order valence-corrected chi connectivity index (χ2v) is 5.45. The van der Waals surface area contributed by atoms with Gasteiger partial charge in [-0.2, -0.15) is 4.07 Å². The Morgan fingerprint density at radius 1 is 1.19 bits per heavy atom. The number of hydrogen-bond acceptors (Lipinski definition) is 5. The Balaban J connectivity index is 1.79. The van der Waals surface area contributed by atoms with E-state index in [4.69, 9.17) is 9.47 Å². The normalized spacial score (nSPS) is 10.7. The van der Waals surface area contributed by atoms with E-state index in [1.165, 1.54) is 11.5 Å². The molecule has 114 valence electrons. The molecule has 0 saturated carbocycles. The molecular weight excluding hydrogens is 288 g/mol. The number of nitrogens with one attached hydrogen (secondary N) is 1. The maximum absolute atomic E-state index is 11.9. The molecule has 2 aromatic rings. The first-order chi connectivity index (χ1) is 10.3. The summed E-state index contributed by atoms with van der Waals surface area (Å²) in [6, 6.07) is 11.6. The monoisotopic (exact) mass is 308 g/mol. The van der Waals surface area contributed by atoms with E-state index >= 15 is 0 Å².